The Morgan fingerprint density at radius 3 is 2.60 bits per heavy atom. The minimum Gasteiger partial charge on any atom is -0.354 e. The second-order valence-corrected chi connectivity index (χ2v) is 3.46. The molecule has 0 saturated heterocycles. The number of benzene rings is 1. The highest BCUT2D eigenvalue weighted by atomic mass is 19.1. The van der Waals surface area contributed by atoms with Crippen molar-refractivity contribution in [2.45, 2.75) is 19.4 Å². The van der Waals surface area contributed by atoms with Crippen molar-refractivity contribution in [3.8, 4) is 0 Å². The summed E-state index contributed by atoms with van der Waals surface area (Å²) in [5.41, 5.74) is 6.36. The maximum absolute atomic E-state index is 12.6. The van der Waals surface area contributed by atoms with E-state index < -0.39 is 6.04 Å². The molecule has 0 fully saturated rings. The van der Waals surface area contributed by atoms with Gasteiger partial charge in [-0.05, 0) is 31.0 Å². The van der Waals surface area contributed by atoms with Gasteiger partial charge in [-0.3, -0.25) is 4.79 Å². The molecule has 0 aromatic heterocycles. The van der Waals surface area contributed by atoms with Crippen molar-refractivity contribution in [2.75, 3.05) is 6.54 Å². The molecule has 1 atom stereocenters. The molecule has 0 aliphatic carbocycles. The lowest BCUT2D eigenvalue weighted by atomic mass is 10.1. The van der Waals surface area contributed by atoms with Gasteiger partial charge in [0.15, 0.2) is 0 Å². The molecule has 3 N–H and O–H groups in total. The second-order valence-electron chi connectivity index (χ2n) is 3.46. The number of halogens is 1. The highest BCUT2D eigenvalue weighted by molar-refractivity contribution is 5.80. The van der Waals surface area contributed by atoms with Crippen LogP contribution in [0.1, 0.15) is 12.5 Å². The summed E-state index contributed by atoms with van der Waals surface area (Å²) in [4.78, 5) is 11.1. The van der Waals surface area contributed by atoms with Crippen molar-refractivity contribution in [2.24, 2.45) is 5.73 Å². The van der Waals surface area contributed by atoms with Gasteiger partial charge < -0.3 is 11.1 Å². The highest BCUT2D eigenvalue weighted by Gasteiger charge is 2.05. The summed E-state index contributed by atoms with van der Waals surface area (Å²) >= 11 is 0. The van der Waals surface area contributed by atoms with Gasteiger partial charge in [0.05, 0.1) is 6.04 Å². The molecule has 0 heterocycles. The summed E-state index contributed by atoms with van der Waals surface area (Å²) in [6.07, 6.45) is 0.679. The molecular formula is C11H15FN2O. The predicted octanol–water partition coefficient (Wildman–Crippen LogP) is 0.832. The summed E-state index contributed by atoms with van der Waals surface area (Å²) in [5.74, 6) is -0.421. The zero-order valence-corrected chi connectivity index (χ0v) is 8.66. The summed E-state index contributed by atoms with van der Waals surface area (Å²) in [6.45, 7) is 2.15. The molecule has 1 rings (SSSR count). The molecule has 15 heavy (non-hydrogen) atoms. The summed E-state index contributed by atoms with van der Waals surface area (Å²) in [6, 6.07) is 5.73. The number of nitrogens with two attached hydrogens (primary N) is 1. The fourth-order valence-electron chi connectivity index (χ4n) is 1.14. The van der Waals surface area contributed by atoms with E-state index in [4.69, 9.17) is 5.73 Å². The van der Waals surface area contributed by atoms with Gasteiger partial charge in [0.2, 0.25) is 5.91 Å². The number of hydrogen-bond donors (Lipinski definition) is 2. The van der Waals surface area contributed by atoms with Gasteiger partial charge in [-0.2, -0.15) is 0 Å². The average molecular weight is 210 g/mol. The van der Waals surface area contributed by atoms with E-state index in [1.807, 2.05) is 0 Å². The van der Waals surface area contributed by atoms with E-state index in [-0.39, 0.29) is 11.7 Å². The van der Waals surface area contributed by atoms with Crippen LogP contribution in [0.5, 0.6) is 0 Å². The third-order valence-electron chi connectivity index (χ3n) is 2.04. The van der Waals surface area contributed by atoms with E-state index in [1.165, 1.54) is 12.1 Å². The first kappa shape index (κ1) is 11.7. The molecule has 0 bridgehead atoms. The smallest absolute Gasteiger partial charge is 0.236 e. The molecule has 0 aliphatic rings. The highest BCUT2D eigenvalue weighted by Crippen LogP contribution is 2.02. The van der Waals surface area contributed by atoms with E-state index in [0.29, 0.717) is 13.0 Å². The lowest BCUT2D eigenvalue weighted by Crippen LogP contribution is -2.39. The Bertz CT molecular complexity index is 322. The molecule has 0 aliphatic heterocycles. The van der Waals surface area contributed by atoms with Crippen LogP contribution in [-0.4, -0.2) is 18.5 Å². The minimum atomic E-state index is -0.488. The van der Waals surface area contributed by atoms with E-state index in [2.05, 4.69) is 5.32 Å². The molecule has 0 radical (unpaired) electrons. The predicted molar refractivity (Wildman–Crippen MR) is 56.8 cm³/mol. The molecule has 4 heteroatoms. The SMILES string of the molecule is C[C@@H](N)C(=O)NCCc1ccc(F)cc1. The third-order valence-corrected chi connectivity index (χ3v) is 2.04. The quantitative estimate of drug-likeness (QED) is 0.773. The van der Waals surface area contributed by atoms with Gasteiger partial charge in [-0.25, -0.2) is 4.39 Å². The normalized spacial score (nSPS) is 12.2. The maximum atomic E-state index is 12.6. The summed E-state index contributed by atoms with van der Waals surface area (Å²) in [5, 5.41) is 2.69. The number of hydrogen-bond acceptors (Lipinski definition) is 2. The molecule has 1 aromatic rings. The van der Waals surface area contributed by atoms with Crippen molar-refractivity contribution >= 4 is 5.91 Å². The average Bonchev–Trinajstić information content (AvgIpc) is 2.20. The molecule has 82 valence electrons. The largest absolute Gasteiger partial charge is 0.354 e. The van der Waals surface area contributed by atoms with E-state index in [0.717, 1.165) is 5.56 Å². The Morgan fingerprint density at radius 1 is 1.47 bits per heavy atom. The zero-order chi connectivity index (χ0) is 11.3. The Balaban J connectivity index is 2.32. The number of nitrogens with one attached hydrogen (secondary N) is 1. The van der Waals surface area contributed by atoms with E-state index in [1.54, 1.807) is 19.1 Å². The lowest BCUT2D eigenvalue weighted by molar-refractivity contribution is -0.121. The fourth-order valence-corrected chi connectivity index (χ4v) is 1.14. The maximum Gasteiger partial charge on any atom is 0.236 e. The van der Waals surface area contributed by atoms with Gasteiger partial charge in [0.1, 0.15) is 5.82 Å². The van der Waals surface area contributed by atoms with Gasteiger partial charge in [-0.1, -0.05) is 12.1 Å². The number of carbonyl (C=O) groups is 1. The number of rotatable bonds is 4. The first-order valence-electron chi connectivity index (χ1n) is 4.87. The molecule has 1 amide bonds. The molecular weight excluding hydrogens is 195 g/mol. The molecule has 0 spiro atoms. The molecule has 3 nitrogen and oxygen atoms in total. The van der Waals surface area contributed by atoms with Gasteiger partial charge in [-0.15, -0.1) is 0 Å². The van der Waals surface area contributed by atoms with Crippen LogP contribution < -0.4 is 11.1 Å². The van der Waals surface area contributed by atoms with Crippen LogP contribution >= 0.6 is 0 Å². The number of carbonyl (C=O) groups excluding carboxylic acids is 1. The Labute approximate surface area is 88.5 Å². The lowest BCUT2D eigenvalue weighted by Gasteiger charge is -2.07. The standard InChI is InChI=1S/C11H15FN2O/c1-8(13)11(15)14-7-6-9-2-4-10(12)5-3-9/h2-5,8H,6-7,13H2,1H3,(H,14,15)/t8-/m1/s1. The van der Waals surface area contributed by atoms with Gasteiger partial charge in [0, 0.05) is 6.54 Å². The Morgan fingerprint density at radius 2 is 2.07 bits per heavy atom. The van der Waals surface area contributed by atoms with Crippen molar-refractivity contribution in [1.82, 2.24) is 5.32 Å². The van der Waals surface area contributed by atoms with Crippen LogP contribution in [0.4, 0.5) is 4.39 Å². The van der Waals surface area contributed by atoms with Crippen LogP contribution in [0, 0.1) is 5.82 Å². The van der Waals surface area contributed by atoms with Crippen molar-refractivity contribution < 1.29 is 9.18 Å². The topological polar surface area (TPSA) is 55.1 Å². The first-order valence-corrected chi connectivity index (χ1v) is 4.87. The van der Waals surface area contributed by atoms with Gasteiger partial charge in [0.25, 0.3) is 0 Å². The van der Waals surface area contributed by atoms with Gasteiger partial charge >= 0.3 is 0 Å². The van der Waals surface area contributed by atoms with Crippen LogP contribution in [0.2, 0.25) is 0 Å². The minimum absolute atomic E-state index is 0.169. The Hall–Kier alpha value is -1.42. The monoisotopic (exact) mass is 210 g/mol. The fraction of sp³-hybridized carbons (Fsp3) is 0.364. The van der Waals surface area contributed by atoms with E-state index >= 15 is 0 Å². The molecule has 0 saturated carbocycles. The second kappa shape index (κ2) is 5.46. The first-order chi connectivity index (χ1) is 7.09. The van der Waals surface area contributed by atoms with Crippen LogP contribution in [0.15, 0.2) is 24.3 Å². The molecule has 0 unspecified atom stereocenters. The third kappa shape index (κ3) is 4.08. The van der Waals surface area contributed by atoms with E-state index in [9.17, 15) is 9.18 Å². The van der Waals surface area contributed by atoms with Crippen molar-refractivity contribution in [3.05, 3.63) is 35.6 Å². The molecule has 1 aromatic carbocycles. The van der Waals surface area contributed by atoms with Crippen LogP contribution in [-0.2, 0) is 11.2 Å². The number of amides is 1. The Kier molecular flexibility index (Phi) is 4.24. The summed E-state index contributed by atoms with van der Waals surface area (Å²) < 4.78 is 12.6. The van der Waals surface area contributed by atoms with Crippen LogP contribution in [0.25, 0.3) is 0 Å². The van der Waals surface area contributed by atoms with Crippen LogP contribution in [0.3, 0.4) is 0 Å². The summed E-state index contributed by atoms with van der Waals surface area (Å²) in [7, 11) is 0. The van der Waals surface area contributed by atoms with Crippen molar-refractivity contribution in [1.29, 1.82) is 0 Å². The zero-order valence-electron chi connectivity index (χ0n) is 8.66. The van der Waals surface area contributed by atoms with Crippen molar-refractivity contribution in [3.63, 3.8) is 0 Å².